The first kappa shape index (κ1) is 26.9. The lowest BCUT2D eigenvalue weighted by molar-refractivity contribution is -0.139. The van der Waals surface area contributed by atoms with Crippen LogP contribution in [-0.4, -0.2) is 43.7 Å². The number of ether oxygens (including phenoxy) is 2. The second kappa shape index (κ2) is 10.6. The summed E-state index contributed by atoms with van der Waals surface area (Å²) in [6.07, 6.45) is -1.37. The van der Waals surface area contributed by atoms with E-state index in [2.05, 4.69) is 19.4 Å². The highest BCUT2D eigenvalue weighted by Gasteiger charge is 2.37. The maximum absolute atomic E-state index is 14.2. The normalized spacial score (nSPS) is 17.6. The molecular weight excluding hydrogens is 550 g/mol. The van der Waals surface area contributed by atoms with E-state index in [1.54, 1.807) is 0 Å². The van der Waals surface area contributed by atoms with Gasteiger partial charge in [0.25, 0.3) is 0 Å². The Labute approximate surface area is 232 Å². The molecule has 1 atom stereocenters. The van der Waals surface area contributed by atoms with E-state index >= 15 is 0 Å². The fourth-order valence-corrected chi connectivity index (χ4v) is 5.22. The highest BCUT2D eigenvalue weighted by atomic mass is 35.5. The highest BCUT2D eigenvalue weighted by Crippen LogP contribution is 2.38. The van der Waals surface area contributed by atoms with Gasteiger partial charge >= 0.3 is 6.18 Å². The molecule has 210 valence electrons. The maximum atomic E-state index is 14.2. The zero-order valence-electron chi connectivity index (χ0n) is 21.6. The van der Waals surface area contributed by atoms with E-state index in [0.29, 0.717) is 43.9 Å². The fraction of sp³-hybridized carbons (Fsp3) is 0.393. The second-order valence-electron chi connectivity index (χ2n) is 10.2. The Morgan fingerprint density at radius 3 is 2.73 bits per heavy atom. The average Bonchev–Trinajstić information content (AvgIpc) is 3.20. The van der Waals surface area contributed by atoms with Crippen molar-refractivity contribution in [3.8, 4) is 5.88 Å². The topological polar surface area (TPSA) is 65.3 Å². The molecule has 2 aliphatic rings. The van der Waals surface area contributed by atoms with Crippen LogP contribution in [0, 0.1) is 12.7 Å². The third kappa shape index (κ3) is 5.50. The van der Waals surface area contributed by atoms with Crippen LogP contribution in [0.15, 0.2) is 36.5 Å². The number of pyridine rings is 2. The fourth-order valence-electron chi connectivity index (χ4n) is 5.06. The van der Waals surface area contributed by atoms with Crippen LogP contribution in [0.5, 0.6) is 5.88 Å². The zero-order chi connectivity index (χ0) is 28.0. The summed E-state index contributed by atoms with van der Waals surface area (Å²) in [6, 6.07) is 6.96. The van der Waals surface area contributed by atoms with Crippen molar-refractivity contribution in [1.82, 2.24) is 24.4 Å². The van der Waals surface area contributed by atoms with Crippen LogP contribution in [0.25, 0.3) is 11.0 Å². The lowest BCUT2D eigenvalue weighted by atomic mass is 10.0. The predicted molar refractivity (Wildman–Crippen MR) is 139 cm³/mol. The van der Waals surface area contributed by atoms with Gasteiger partial charge in [0.15, 0.2) is 0 Å². The van der Waals surface area contributed by atoms with Crippen molar-refractivity contribution >= 4 is 22.6 Å². The molecule has 4 aromatic rings. The number of rotatable bonds is 7. The first-order valence-corrected chi connectivity index (χ1v) is 13.3. The van der Waals surface area contributed by atoms with E-state index in [9.17, 15) is 17.6 Å². The molecule has 0 amide bonds. The smallest absolute Gasteiger partial charge is 0.421 e. The molecule has 12 heteroatoms. The number of alkyl halides is 3. The van der Waals surface area contributed by atoms with Gasteiger partial charge in [0.1, 0.15) is 23.8 Å². The van der Waals surface area contributed by atoms with Gasteiger partial charge in [0.2, 0.25) is 5.88 Å². The Morgan fingerprint density at radius 2 is 2.00 bits per heavy atom. The molecule has 0 unspecified atom stereocenters. The first-order chi connectivity index (χ1) is 19.1. The lowest BCUT2D eigenvalue weighted by Gasteiger charge is -2.30. The molecule has 7 nitrogen and oxygen atoms in total. The molecule has 0 radical (unpaired) electrons. The minimum atomic E-state index is -4.67. The number of aromatic nitrogens is 4. The van der Waals surface area contributed by atoms with Gasteiger partial charge in [-0.15, -0.1) is 0 Å². The molecule has 6 rings (SSSR count). The molecule has 1 saturated heterocycles. The van der Waals surface area contributed by atoms with Gasteiger partial charge in [-0.2, -0.15) is 13.2 Å². The average molecular weight is 576 g/mol. The minimum absolute atomic E-state index is 0.0812. The first-order valence-electron chi connectivity index (χ1n) is 13.0. The second-order valence-corrected chi connectivity index (χ2v) is 10.6. The van der Waals surface area contributed by atoms with Crippen molar-refractivity contribution in [2.75, 3.05) is 13.2 Å². The van der Waals surface area contributed by atoms with Gasteiger partial charge in [-0.3, -0.25) is 9.88 Å². The summed E-state index contributed by atoms with van der Waals surface area (Å²) < 4.78 is 69.2. The SMILES string of the molecule is Cc1cc2nc(CN3CCc4cc(C(F)(F)F)c(OCc5ccc(Cl)cc5F)nc4C3)n(C[C@@H]3CCO3)c2cn1. The summed E-state index contributed by atoms with van der Waals surface area (Å²) >= 11 is 5.78. The lowest BCUT2D eigenvalue weighted by Crippen LogP contribution is -2.34. The molecule has 0 aliphatic carbocycles. The van der Waals surface area contributed by atoms with E-state index in [0.717, 1.165) is 47.7 Å². The van der Waals surface area contributed by atoms with Crippen molar-refractivity contribution in [2.45, 2.75) is 58.3 Å². The molecule has 5 heterocycles. The number of nitrogens with zero attached hydrogens (tertiary/aromatic N) is 5. The molecular formula is C28H26ClF4N5O2. The van der Waals surface area contributed by atoms with Crippen LogP contribution in [0.4, 0.5) is 17.6 Å². The Balaban J connectivity index is 1.26. The number of imidazole rings is 1. The van der Waals surface area contributed by atoms with E-state index in [-0.39, 0.29) is 16.7 Å². The Bertz CT molecular complexity index is 1570. The van der Waals surface area contributed by atoms with Gasteiger partial charge in [0.05, 0.1) is 42.1 Å². The number of fused-ring (bicyclic) bond motifs is 2. The summed E-state index contributed by atoms with van der Waals surface area (Å²) in [6.45, 7) is 4.25. The van der Waals surface area contributed by atoms with Crippen molar-refractivity contribution in [2.24, 2.45) is 0 Å². The van der Waals surface area contributed by atoms with Crippen LogP contribution in [0.1, 0.15) is 40.3 Å². The van der Waals surface area contributed by atoms with Crippen molar-refractivity contribution in [1.29, 1.82) is 0 Å². The summed E-state index contributed by atoms with van der Waals surface area (Å²) in [5.41, 5.74) is 2.75. The Morgan fingerprint density at radius 1 is 1.18 bits per heavy atom. The van der Waals surface area contributed by atoms with Crippen LogP contribution in [0.2, 0.25) is 5.02 Å². The molecule has 2 aliphatic heterocycles. The molecule has 0 spiro atoms. The monoisotopic (exact) mass is 575 g/mol. The standard InChI is InChI=1S/C28H26ClF4N5O2/c1-16-8-23-25(11-34-16)38(12-20-5-7-39-20)26(35-23)14-37-6-4-17-9-21(28(31,32)33)27(36-24(17)13-37)40-15-18-2-3-19(29)10-22(18)30/h2-3,8-11,20H,4-7,12-15H2,1H3/t20-/m0/s1. The third-order valence-corrected chi connectivity index (χ3v) is 7.54. The van der Waals surface area contributed by atoms with Gasteiger partial charge in [-0.1, -0.05) is 17.7 Å². The van der Waals surface area contributed by atoms with Crippen LogP contribution < -0.4 is 4.74 Å². The predicted octanol–water partition coefficient (Wildman–Crippen LogP) is 5.87. The Hall–Kier alpha value is -3.28. The number of hydrogen-bond donors (Lipinski definition) is 0. The van der Waals surface area contributed by atoms with Crippen LogP contribution in [-0.2, 0) is 43.6 Å². The van der Waals surface area contributed by atoms with Crippen molar-refractivity contribution in [3.05, 3.63) is 81.3 Å². The van der Waals surface area contributed by atoms with Gasteiger partial charge in [-0.25, -0.2) is 14.4 Å². The summed E-state index contributed by atoms with van der Waals surface area (Å²) in [7, 11) is 0. The number of halogens is 5. The third-order valence-electron chi connectivity index (χ3n) is 7.31. The van der Waals surface area contributed by atoms with Crippen LogP contribution >= 0.6 is 11.6 Å². The number of benzene rings is 1. The van der Waals surface area contributed by atoms with Crippen molar-refractivity contribution in [3.63, 3.8) is 0 Å². The zero-order valence-corrected chi connectivity index (χ0v) is 22.4. The largest absolute Gasteiger partial charge is 0.472 e. The van der Waals surface area contributed by atoms with Gasteiger partial charge in [0, 0.05) is 36.0 Å². The van der Waals surface area contributed by atoms with Crippen LogP contribution in [0.3, 0.4) is 0 Å². The van der Waals surface area contributed by atoms with E-state index in [1.807, 2.05) is 19.2 Å². The van der Waals surface area contributed by atoms with Crippen molar-refractivity contribution < 1.29 is 27.0 Å². The highest BCUT2D eigenvalue weighted by molar-refractivity contribution is 6.30. The minimum Gasteiger partial charge on any atom is -0.472 e. The van der Waals surface area contributed by atoms with E-state index in [4.69, 9.17) is 26.1 Å². The molecule has 1 fully saturated rings. The summed E-state index contributed by atoms with van der Waals surface area (Å²) in [4.78, 5) is 15.7. The Kier molecular flexibility index (Phi) is 7.14. The quantitative estimate of drug-likeness (QED) is 0.257. The molecule has 0 saturated carbocycles. The summed E-state index contributed by atoms with van der Waals surface area (Å²) in [5.74, 6) is -0.396. The molecule has 0 N–H and O–H groups in total. The number of hydrogen-bond acceptors (Lipinski definition) is 6. The van der Waals surface area contributed by atoms with E-state index in [1.165, 1.54) is 12.1 Å². The molecule has 3 aromatic heterocycles. The van der Waals surface area contributed by atoms with E-state index < -0.39 is 30.0 Å². The maximum Gasteiger partial charge on any atom is 0.421 e. The molecule has 40 heavy (non-hydrogen) atoms. The van der Waals surface area contributed by atoms with Gasteiger partial charge in [-0.05, 0) is 49.6 Å². The van der Waals surface area contributed by atoms with Gasteiger partial charge < -0.3 is 14.0 Å². The summed E-state index contributed by atoms with van der Waals surface area (Å²) in [5, 5.41) is 0.185. The molecule has 1 aromatic carbocycles. The number of aryl methyl sites for hydroxylation is 1. The molecule has 0 bridgehead atoms.